The van der Waals surface area contributed by atoms with E-state index in [0.717, 1.165) is 36.7 Å². The van der Waals surface area contributed by atoms with Gasteiger partial charge in [0.05, 0.1) is 0 Å². The van der Waals surface area contributed by atoms with Gasteiger partial charge < -0.3 is 5.32 Å². The molecule has 0 amide bonds. The summed E-state index contributed by atoms with van der Waals surface area (Å²) in [6, 6.07) is 9.01. The monoisotopic (exact) mass is 291 g/mol. The summed E-state index contributed by atoms with van der Waals surface area (Å²) in [5.74, 6) is 3.13. The Morgan fingerprint density at radius 1 is 1.00 bits per heavy atom. The molecule has 0 radical (unpaired) electrons. The number of benzene rings is 1. The fraction of sp³-hybridized carbons (Fsp3) is 0.667. The lowest BCUT2D eigenvalue weighted by Gasteiger charge is -2.27. The highest BCUT2D eigenvalue weighted by atomic mass is 35.5. The Morgan fingerprint density at radius 3 is 2.75 bits per heavy atom. The van der Waals surface area contributed by atoms with Crippen molar-refractivity contribution in [1.82, 2.24) is 5.32 Å². The average Bonchev–Trinajstić information content (AvgIpc) is 2.95. The number of hydrogen-bond acceptors (Lipinski definition) is 1. The van der Waals surface area contributed by atoms with Crippen LogP contribution in [0, 0.1) is 11.8 Å². The molecule has 3 atom stereocenters. The number of alkyl halides is 1. The molecular formula is C18H26ClN. The minimum absolute atomic E-state index is 0.718. The Kier molecular flexibility index (Phi) is 5.01. The van der Waals surface area contributed by atoms with E-state index in [9.17, 15) is 0 Å². The molecule has 0 bridgehead atoms. The lowest BCUT2D eigenvalue weighted by Crippen LogP contribution is -2.30. The highest BCUT2D eigenvalue weighted by Crippen LogP contribution is 2.33. The molecule has 3 unspecified atom stereocenters. The Bertz CT molecular complexity index is 431. The van der Waals surface area contributed by atoms with Gasteiger partial charge in [0.2, 0.25) is 0 Å². The predicted molar refractivity (Wildman–Crippen MR) is 86.5 cm³/mol. The van der Waals surface area contributed by atoms with Crippen LogP contribution < -0.4 is 5.32 Å². The summed E-state index contributed by atoms with van der Waals surface area (Å²) in [5.41, 5.74) is 3.16. The molecule has 1 aromatic carbocycles. The molecule has 1 nitrogen and oxygen atoms in total. The van der Waals surface area contributed by atoms with E-state index >= 15 is 0 Å². The van der Waals surface area contributed by atoms with Gasteiger partial charge in [-0.2, -0.15) is 0 Å². The summed E-state index contributed by atoms with van der Waals surface area (Å²) < 4.78 is 0. The zero-order valence-electron chi connectivity index (χ0n) is 12.3. The van der Waals surface area contributed by atoms with Gasteiger partial charge in [-0.25, -0.2) is 0 Å². The van der Waals surface area contributed by atoms with E-state index in [1.165, 1.54) is 38.5 Å². The largest absolute Gasteiger partial charge is 0.316 e. The molecule has 1 saturated carbocycles. The molecule has 3 rings (SSSR count). The molecule has 2 aliphatic carbocycles. The summed E-state index contributed by atoms with van der Waals surface area (Å²) in [4.78, 5) is 0. The van der Waals surface area contributed by atoms with E-state index in [1.54, 1.807) is 11.1 Å². The molecule has 0 aromatic heterocycles. The van der Waals surface area contributed by atoms with Crippen LogP contribution in [0.25, 0.3) is 0 Å². The van der Waals surface area contributed by atoms with Crippen LogP contribution in [-0.4, -0.2) is 19.0 Å². The van der Waals surface area contributed by atoms with Crippen molar-refractivity contribution in [3.8, 4) is 0 Å². The van der Waals surface area contributed by atoms with Crippen molar-refractivity contribution in [1.29, 1.82) is 0 Å². The standard InChI is InChI=1S/C18H26ClN/c19-11-15-7-4-8-16(15)12-20-13-17-9-3-6-14-5-1-2-10-18(14)17/h1-2,5,10,15-17,20H,3-4,6-9,11-13H2. The second-order valence-electron chi connectivity index (χ2n) is 6.55. The van der Waals surface area contributed by atoms with Crippen molar-refractivity contribution in [2.45, 2.75) is 44.4 Å². The fourth-order valence-corrected chi connectivity index (χ4v) is 4.50. The van der Waals surface area contributed by atoms with Crippen LogP contribution in [0.3, 0.4) is 0 Å². The van der Waals surface area contributed by atoms with E-state index in [0.29, 0.717) is 0 Å². The van der Waals surface area contributed by atoms with Crippen molar-refractivity contribution in [2.75, 3.05) is 19.0 Å². The van der Waals surface area contributed by atoms with Gasteiger partial charge in [0.15, 0.2) is 0 Å². The number of halogens is 1. The molecule has 1 N–H and O–H groups in total. The van der Waals surface area contributed by atoms with Crippen LogP contribution in [0.4, 0.5) is 0 Å². The van der Waals surface area contributed by atoms with Gasteiger partial charge in [-0.1, -0.05) is 30.7 Å². The van der Waals surface area contributed by atoms with Gasteiger partial charge in [0.1, 0.15) is 0 Å². The molecule has 2 aliphatic rings. The summed E-state index contributed by atoms with van der Waals surface area (Å²) in [6.07, 6.45) is 8.03. The minimum Gasteiger partial charge on any atom is -0.316 e. The zero-order valence-corrected chi connectivity index (χ0v) is 13.0. The summed E-state index contributed by atoms with van der Waals surface area (Å²) in [6.45, 7) is 2.30. The molecule has 20 heavy (non-hydrogen) atoms. The Labute approximate surface area is 128 Å². The second kappa shape index (κ2) is 6.95. The topological polar surface area (TPSA) is 12.0 Å². The van der Waals surface area contributed by atoms with Gasteiger partial charge in [0.25, 0.3) is 0 Å². The van der Waals surface area contributed by atoms with E-state index in [-0.39, 0.29) is 0 Å². The lowest BCUT2D eigenvalue weighted by molar-refractivity contribution is 0.383. The first-order chi connectivity index (χ1) is 9.88. The Balaban J connectivity index is 1.52. The van der Waals surface area contributed by atoms with E-state index in [2.05, 4.69) is 29.6 Å². The average molecular weight is 292 g/mol. The summed E-state index contributed by atoms with van der Waals surface area (Å²) in [7, 11) is 0. The van der Waals surface area contributed by atoms with Crippen LogP contribution in [0.5, 0.6) is 0 Å². The zero-order chi connectivity index (χ0) is 13.8. The molecule has 0 heterocycles. The number of nitrogens with one attached hydrogen (secondary N) is 1. The second-order valence-corrected chi connectivity index (χ2v) is 6.86. The quantitative estimate of drug-likeness (QED) is 0.795. The molecule has 2 heteroatoms. The molecule has 110 valence electrons. The van der Waals surface area contributed by atoms with Crippen molar-refractivity contribution in [3.05, 3.63) is 35.4 Å². The van der Waals surface area contributed by atoms with E-state index in [4.69, 9.17) is 11.6 Å². The molecule has 1 fully saturated rings. The maximum Gasteiger partial charge on any atom is 0.0254 e. The molecule has 0 aliphatic heterocycles. The lowest BCUT2D eigenvalue weighted by atomic mass is 9.83. The van der Waals surface area contributed by atoms with Crippen LogP contribution in [0.1, 0.15) is 49.1 Å². The van der Waals surface area contributed by atoms with Crippen molar-refractivity contribution in [2.24, 2.45) is 11.8 Å². The van der Waals surface area contributed by atoms with E-state index < -0.39 is 0 Å². The SMILES string of the molecule is ClCC1CCCC1CNCC1CCCc2ccccc21. The maximum absolute atomic E-state index is 6.07. The number of fused-ring (bicyclic) bond motifs is 1. The van der Waals surface area contributed by atoms with Crippen LogP contribution in [-0.2, 0) is 6.42 Å². The third kappa shape index (κ3) is 3.20. The third-order valence-corrected chi connectivity index (χ3v) is 5.70. The fourth-order valence-electron chi connectivity index (χ4n) is 4.10. The van der Waals surface area contributed by atoms with Gasteiger partial charge in [-0.05, 0) is 67.5 Å². The third-order valence-electron chi connectivity index (χ3n) is 5.31. The van der Waals surface area contributed by atoms with Crippen molar-refractivity contribution >= 4 is 11.6 Å². The van der Waals surface area contributed by atoms with Crippen LogP contribution in [0.2, 0.25) is 0 Å². The molecule has 1 aromatic rings. The first-order valence-corrected chi connectivity index (χ1v) is 8.76. The van der Waals surface area contributed by atoms with Crippen molar-refractivity contribution in [3.63, 3.8) is 0 Å². The normalized spacial score (nSPS) is 29.4. The van der Waals surface area contributed by atoms with Crippen LogP contribution >= 0.6 is 11.6 Å². The number of aryl methyl sites for hydroxylation is 1. The molecular weight excluding hydrogens is 266 g/mol. The Morgan fingerprint density at radius 2 is 1.85 bits per heavy atom. The highest BCUT2D eigenvalue weighted by Gasteiger charge is 2.26. The Hall–Kier alpha value is -0.530. The highest BCUT2D eigenvalue weighted by molar-refractivity contribution is 6.18. The smallest absolute Gasteiger partial charge is 0.0254 e. The van der Waals surface area contributed by atoms with Crippen molar-refractivity contribution < 1.29 is 0 Å². The molecule has 0 spiro atoms. The van der Waals surface area contributed by atoms with Gasteiger partial charge in [-0.3, -0.25) is 0 Å². The minimum atomic E-state index is 0.718. The summed E-state index contributed by atoms with van der Waals surface area (Å²) >= 11 is 6.07. The summed E-state index contributed by atoms with van der Waals surface area (Å²) in [5, 5.41) is 3.74. The van der Waals surface area contributed by atoms with Gasteiger partial charge >= 0.3 is 0 Å². The first-order valence-electron chi connectivity index (χ1n) is 8.23. The number of hydrogen-bond donors (Lipinski definition) is 1. The molecule has 0 saturated heterocycles. The van der Waals surface area contributed by atoms with E-state index in [1.807, 2.05) is 0 Å². The predicted octanol–water partition coefficient (Wildman–Crippen LogP) is 4.35. The van der Waals surface area contributed by atoms with Crippen LogP contribution in [0.15, 0.2) is 24.3 Å². The van der Waals surface area contributed by atoms with Gasteiger partial charge in [-0.15, -0.1) is 11.6 Å². The maximum atomic E-state index is 6.07. The first kappa shape index (κ1) is 14.4. The van der Waals surface area contributed by atoms with Gasteiger partial charge in [0, 0.05) is 12.4 Å². The number of rotatable bonds is 5.